The van der Waals surface area contributed by atoms with Crippen molar-refractivity contribution in [3.63, 3.8) is 0 Å². The van der Waals surface area contributed by atoms with Gasteiger partial charge in [-0.1, -0.05) is 168 Å². The summed E-state index contributed by atoms with van der Waals surface area (Å²) in [4.78, 5) is 11.9. The molecule has 2 heteroatoms. The first-order chi connectivity index (χ1) is 18.7. The Morgan fingerprint density at radius 1 is 0.526 bits per heavy atom. The lowest BCUT2D eigenvalue weighted by molar-refractivity contribution is -0.143. The second-order valence-corrected chi connectivity index (χ2v) is 12.3. The van der Waals surface area contributed by atoms with E-state index in [1.807, 2.05) is 0 Å². The van der Waals surface area contributed by atoms with Crippen LogP contribution in [-0.2, 0) is 9.53 Å². The fourth-order valence-electron chi connectivity index (χ4n) is 5.20. The molecule has 0 saturated carbocycles. The summed E-state index contributed by atoms with van der Waals surface area (Å²) in [6.45, 7) is 7.56. The zero-order valence-corrected chi connectivity index (χ0v) is 26.6. The fourth-order valence-corrected chi connectivity index (χ4v) is 5.20. The van der Waals surface area contributed by atoms with Gasteiger partial charge in [-0.3, -0.25) is 4.79 Å². The molecule has 0 aromatic heterocycles. The summed E-state index contributed by atoms with van der Waals surface area (Å²) in [5.74, 6) is 0.888. The van der Waals surface area contributed by atoms with Gasteiger partial charge in [-0.2, -0.15) is 0 Å². The molecule has 0 aliphatic rings. The molecule has 38 heavy (non-hydrogen) atoms. The molecule has 0 bridgehead atoms. The third kappa shape index (κ3) is 33.2. The number of allylic oxidation sites excluding steroid dienone is 2. The molecule has 0 N–H and O–H groups in total. The maximum absolute atomic E-state index is 11.9. The Kier molecular flexibility index (Phi) is 31.7. The molecule has 226 valence electrons. The summed E-state index contributed by atoms with van der Waals surface area (Å²) in [5.41, 5.74) is 0. The molecule has 0 spiro atoms. The summed E-state index contributed by atoms with van der Waals surface area (Å²) < 4.78 is 5.43. The fraction of sp³-hybridized carbons (Fsp3) is 0.917. The molecule has 0 radical (unpaired) electrons. The Hall–Kier alpha value is -0.790. The highest BCUT2D eigenvalue weighted by molar-refractivity contribution is 5.69. The van der Waals surface area contributed by atoms with Gasteiger partial charge in [-0.05, 0) is 44.4 Å². The van der Waals surface area contributed by atoms with Crippen molar-refractivity contribution in [3.8, 4) is 0 Å². The molecule has 0 aliphatic heterocycles. The zero-order valence-electron chi connectivity index (χ0n) is 26.6. The normalized spacial score (nSPS) is 11.7. The van der Waals surface area contributed by atoms with Gasteiger partial charge in [0.25, 0.3) is 0 Å². The molecule has 0 aromatic rings. The zero-order chi connectivity index (χ0) is 27.8. The second-order valence-electron chi connectivity index (χ2n) is 12.3. The molecule has 0 unspecified atom stereocenters. The van der Waals surface area contributed by atoms with Gasteiger partial charge in [-0.25, -0.2) is 0 Å². The Morgan fingerprint density at radius 2 is 0.921 bits per heavy atom. The summed E-state index contributed by atoms with van der Waals surface area (Å²) in [7, 11) is 0. The molecular weight excluding hydrogens is 464 g/mol. The van der Waals surface area contributed by atoms with E-state index in [1.54, 1.807) is 0 Å². The van der Waals surface area contributed by atoms with Gasteiger partial charge in [0.15, 0.2) is 0 Å². The largest absolute Gasteiger partial charge is 0.466 e. The molecule has 2 nitrogen and oxygen atoms in total. The monoisotopic (exact) mass is 535 g/mol. The van der Waals surface area contributed by atoms with E-state index in [-0.39, 0.29) is 5.97 Å². The van der Waals surface area contributed by atoms with Crippen molar-refractivity contribution in [1.29, 1.82) is 0 Å². The molecular formula is C36H70O2. The van der Waals surface area contributed by atoms with Crippen molar-refractivity contribution < 1.29 is 9.53 Å². The van der Waals surface area contributed by atoms with E-state index in [0.717, 1.165) is 25.2 Å². The SMILES string of the molecule is CCCCCCCC/C=C\CCCCCCCC(=O)OCCCCCCCCCCCCCCCC(C)C. The van der Waals surface area contributed by atoms with E-state index < -0.39 is 0 Å². The predicted octanol–water partition coefficient (Wildman–Crippen LogP) is 12.7. The van der Waals surface area contributed by atoms with Gasteiger partial charge < -0.3 is 4.74 Å². The quantitative estimate of drug-likeness (QED) is 0.0502. The lowest BCUT2D eigenvalue weighted by atomic mass is 10.0. The summed E-state index contributed by atoms with van der Waals surface area (Å²) in [6, 6.07) is 0. The van der Waals surface area contributed by atoms with E-state index in [1.165, 1.54) is 154 Å². The van der Waals surface area contributed by atoms with Crippen molar-refractivity contribution in [2.24, 2.45) is 5.92 Å². The third-order valence-corrected chi connectivity index (χ3v) is 7.83. The average Bonchev–Trinajstić information content (AvgIpc) is 2.90. The number of ether oxygens (including phenoxy) is 1. The van der Waals surface area contributed by atoms with E-state index in [9.17, 15) is 4.79 Å². The number of rotatable bonds is 31. The van der Waals surface area contributed by atoms with Gasteiger partial charge in [0, 0.05) is 6.42 Å². The van der Waals surface area contributed by atoms with Gasteiger partial charge in [-0.15, -0.1) is 0 Å². The van der Waals surface area contributed by atoms with Crippen LogP contribution in [0.2, 0.25) is 0 Å². The maximum atomic E-state index is 11.9. The Bertz CT molecular complexity index is 482. The summed E-state index contributed by atoms with van der Waals surface area (Å²) in [5, 5.41) is 0. The molecule has 0 aliphatic carbocycles. The Morgan fingerprint density at radius 3 is 1.39 bits per heavy atom. The minimum Gasteiger partial charge on any atom is -0.466 e. The Balaban J connectivity index is 3.19. The second kappa shape index (κ2) is 32.4. The van der Waals surface area contributed by atoms with E-state index in [4.69, 9.17) is 4.74 Å². The molecule has 0 aromatic carbocycles. The van der Waals surface area contributed by atoms with Crippen LogP contribution in [0.15, 0.2) is 12.2 Å². The van der Waals surface area contributed by atoms with Crippen molar-refractivity contribution in [1.82, 2.24) is 0 Å². The summed E-state index contributed by atoms with van der Waals surface area (Å²) in [6.07, 6.45) is 41.2. The van der Waals surface area contributed by atoms with E-state index >= 15 is 0 Å². The first-order valence-electron chi connectivity index (χ1n) is 17.5. The number of unbranched alkanes of at least 4 members (excludes halogenated alkanes) is 23. The van der Waals surface area contributed by atoms with Crippen LogP contribution in [0, 0.1) is 5.92 Å². The standard InChI is InChI=1S/C36H70O2/c1-4-5-6-7-8-9-10-11-12-15-18-21-24-27-30-33-36(37)38-34-31-28-25-22-19-16-13-14-17-20-23-26-29-32-35(2)3/h11-12,35H,4-10,13-34H2,1-3H3/b12-11-. The van der Waals surface area contributed by atoms with Crippen LogP contribution in [0.4, 0.5) is 0 Å². The number of hydrogen-bond donors (Lipinski definition) is 0. The van der Waals surface area contributed by atoms with Crippen LogP contribution in [0.3, 0.4) is 0 Å². The van der Waals surface area contributed by atoms with Crippen LogP contribution >= 0.6 is 0 Å². The first-order valence-corrected chi connectivity index (χ1v) is 17.5. The average molecular weight is 535 g/mol. The topological polar surface area (TPSA) is 26.3 Å². The highest BCUT2D eigenvalue weighted by Crippen LogP contribution is 2.15. The molecule has 0 saturated heterocycles. The molecule has 0 heterocycles. The van der Waals surface area contributed by atoms with Crippen molar-refractivity contribution in [3.05, 3.63) is 12.2 Å². The minimum absolute atomic E-state index is 0.0162. The lowest BCUT2D eigenvalue weighted by Gasteiger charge is -2.06. The van der Waals surface area contributed by atoms with Crippen LogP contribution in [0.1, 0.15) is 201 Å². The van der Waals surface area contributed by atoms with Gasteiger partial charge in [0.1, 0.15) is 0 Å². The van der Waals surface area contributed by atoms with Crippen molar-refractivity contribution >= 4 is 5.97 Å². The van der Waals surface area contributed by atoms with E-state index in [0.29, 0.717) is 13.0 Å². The Labute approximate surface area is 240 Å². The summed E-state index contributed by atoms with van der Waals surface area (Å²) >= 11 is 0. The molecule has 0 rings (SSSR count). The minimum atomic E-state index is 0.0162. The highest BCUT2D eigenvalue weighted by atomic mass is 16.5. The van der Waals surface area contributed by atoms with Crippen LogP contribution in [0.25, 0.3) is 0 Å². The van der Waals surface area contributed by atoms with Crippen LogP contribution in [0.5, 0.6) is 0 Å². The number of esters is 1. The van der Waals surface area contributed by atoms with E-state index in [2.05, 4.69) is 32.9 Å². The predicted molar refractivity (Wildman–Crippen MR) is 170 cm³/mol. The van der Waals surface area contributed by atoms with Crippen molar-refractivity contribution in [2.75, 3.05) is 6.61 Å². The number of carbonyl (C=O) groups is 1. The molecule has 0 fully saturated rings. The smallest absolute Gasteiger partial charge is 0.305 e. The van der Waals surface area contributed by atoms with Gasteiger partial charge >= 0.3 is 5.97 Å². The van der Waals surface area contributed by atoms with Crippen LogP contribution in [-0.4, -0.2) is 12.6 Å². The molecule has 0 amide bonds. The van der Waals surface area contributed by atoms with Gasteiger partial charge in [0.2, 0.25) is 0 Å². The number of carbonyl (C=O) groups excluding carboxylic acids is 1. The third-order valence-electron chi connectivity index (χ3n) is 7.83. The van der Waals surface area contributed by atoms with Gasteiger partial charge in [0.05, 0.1) is 6.61 Å². The molecule has 0 atom stereocenters. The number of hydrogen-bond acceptors (Lipinski definition) is 2. The lowest BCUT2D eigenvalue weighted by Crippen LogP contribution is -2.05. The maximum Gasteiger partial charge on any atom is 0.305 e. The highest BCUT2D eigenvalue weighted by Gasteiger charge is 2.02. The van der Waals surface area contributed by atoms with Crippen molar-refractivity contribution in [2.45, 2.75) is 201 Å². The van der Waals surface area contributed by atoms with Crippen LogP contribution < -0.4 is 0 Å². The first kappa shape index (κ1) is 37.2.